The molecule has 0 saturated heterocycles. The van der Waals surface area contributed by atoms with Gasteiger partial charge in [0.2, 0.25) is 0 Å². The fourth-order valence-corrected chi connectivity index (χ4v) is 3.41. The van der Waals surface area contributed by atoms with E-state index in [1.165, 1.54) is 30.1 Å². The monoisotopic (exact) mass is 438 g/mol. The molecule has 4 aromatic rings. The summed E-state index contributed by atoms with van der Waals surface area (Å²) in [5, 5.41) is 13.4. The van der Waals surface area contributed by atoms with Crippen molar-refractivity contribution in [3.05, 3.63) is 86.8 Å². The predicted molar refractivity (Wildman–Crippen MR) is 115 cm³/mol. The normalized spacial score (nSPS) is 11.4. The molecule has 0 aliphatic heterocycles. The molecule has 8 nitrogen and oxygen atoms in total. The van der Waals surface area contributed by atoms with Crippen molar-refractivity contribution in [2.45, 2.75) is 6.92 Å². The minimum Gasteiger partial charge on any atom is -0.267 e. The third-order valence-corrected chi connectivity index (χ3v) is 5.01. The van der Waals surface area contributed by atoms with Crippen molar-refractivity contribution in [2.24, 2.45) is 12.1 Å². The van der Waals surface area contributed by atoms with Crippen molar-refractivity contribution in [1.82, 2.24) is 25.0 Å². The van der Waals surface area contributed by atoms with Crippen LogP contribution in [0, 0.1) is 12.7 Å². The molecule has 4 rings (SSSR count). The van der Waals surface area contributed by atoms with E-state index in [1.807, 2.05) is 0 Å². The van der Waals surface area contributed by atoms with E-state index in [0.29, 0.717) is 27.7 Å². The number of nitrogens with one attached hydrogen (secondary N) is 1. The second-order valence-corrected chi connectivity index (χ2v) is 7.06. The molecule has 2 aromatic heterocycles. The zero-order chi connectivity index (χ0) is 22.1. The van der Waals surface area contributed by atoms with Crippen LogP contribution < -0.4 is 11.0 Å². The highest BCUT2D eigenvalue weighted by Gasteiger charge is 2.16. The van der Waals surface area contributed by atoms with E-state index in [4.69, 9.17) is 11.6 Å². The number of aromatic nitrogens is 4. The Bertz CT molecular complexity index is 1390. The fourth-order valence-electron chi connectivity index (χ4n) is 3.09. The summed E-state index contributed by atoms with van der Waals surface area (Å²) in [5.41, 5.74) is 3.81. The molecule has 1 N–H and O–H groups in total. The Morgan fingerprint density at radius 1 is 1.13 bits per heavy atom. The number of amides is 1. The molecule has 31 heavy (non-hydrogen) atoms. The highest BCUT2D eigenvalue weighted by molar-refractivity contribution is 6.32. The van der Waals surface area contributed by atoms with E-state index in [0.717, 1.165) is 4.68 Å². The fraction of sp³-hybridized carbons (Fsp3) is 0.0952. The highest BCUT2D eigenvalue weighted by Crippen LogP contribution is 2.22. The van der Waals surface area contributed by atoms with Gasteiger partial charge in [0.1, 0.15) is 11.0 Å². The minimum absolute atomic E-state index is 0.0691. The van der Waals surface area contributed by atoms with Crippen molar-refractivity contribution in [2.75, 3.05) is 0 Å². The van der Waals surface area contributed by atoms with Crippen molar-refractivity contribution in [3.63, 3.8) is 0 Å². The van der Waals surface area contributed by atoms with Crippen LogP contribution >= 0.6 is 11.6 Å². The molecule has 156 valence electrons. The molecule has 0 unspecified atom stereocenters. The molecule has 1 amide bonds. The number of nitrogens with zero attached hydrogens (tertiary/aromatic N) is 5. The number of rotatable bonds is 4. The number of benzene rings is 2. The van der Waals surface area contributed by atoms with Crippen molar-refractivity contribution in [3.8, 4) is 5.69 Å². The summed E-state index contributed by atoms with van der Waals surface area (Å²) in [6, 6.07) is 12.4. The molecule has 0 aliphatic rings. The van der Waals surface area contributed by atoms with Crippen LogP contribution in [0.25, 0.3) is 16.5 Å². The zero-order valence-corrected chi connectivity index (χ0v) is 17.3. The Hall–Kier alpha value is -3.85. The van der Waals surface area contributed by atoms with Crippen LogP contribution in [0.15, 0.2) is 58.4 Å². The number of carbonyl (C=O) groups excluding carboxylic acids is 1. The van der Waals surface area contributed by atoms with E-state index in [-0.39, 0.29) is 22.2 Å². The molecule has 0 fully saturated rings. The second kappa shape index (κ2) is 8.11. The maximum atomic E-state index is 13.2. The molecule has 2 aromatic carbocycles. The third kappa shape index (κ3) is 3.82. The number of hydrogen-bond acceptors (Lipinski definition) is 5. The SMILES string of the molecule is Cc1nn(-c2ccc(F)cc2)c(Cl)c1/C=N/NC(=O)c1nn(C)c(=O)c2ccccc12. The van der Waals surface area contributed by atoms with Gasteiger partial charge < -0.3 is 0 Å². The first-order chi connectivity index (χ1) is 14.9. The summed E-state index contributed by atoms with van der Waals surface area (Å²) in [5.74, 6) is -0.949. The van der Waals surface area contributed by atoms with E-state index in [1.54, 1.807) is 43.3 Å². The summed E-state index contributed by atoms with van der Waals surface area (Å²) in [6.07, 6.45) is 1.37. The van der Waals surface area contributed by atoms with Crippen molar-refractivity contribution < 1.29 is 9.18 Å². The first-order valence-corrected chi connectivity index (χ1v) is 9.55. The van der Waals surface area contributed by atoms with Crippen LogP contribution in [-0.4, -0.2) is 31.7 Å². The molecular weight excluding hydrogens is 423 g/mol. The number of hydrazone groups is 1. The average molecular weight is 439 g/mol. The molecule has 0 bridgehead atoms. The number of halogens is 2. The minimum atomic E-state index is -0.581. The van der Waals surface area contributed by atoms with Gasteiger partial charge in [0.05, 0.1) is 28.5 Å². The van der Waals surface area contributed by atoms with E-state index in [9.17, 15) is 14.0 Å². The van der Waals surface area contributed by atoms with Crippen molar-refractivity contribution >= 4 is 34.5 Å². The molecular formula is C21H16ClFN6O2. The summed E-state index contributed by atoms with van der Waals surface area (Å²) in [4.78, 5) is 24.9. The van der Waals surface area contributed by atoms with Crippen LogP contribution in [0.2, 0.25) is 5.15 Å². The van der Waals surface area contributed by atoms with Crippen LogP contribution in [-0.2, 0) is 7.05 Å². The van der Waals surface area contributed by atoms with Gasteiger partial charge in [-0.25, -0.2) is 19.2 Å². The van der Waals surface area contributed by atoms with Gasteiger partial charge in [-0.3, -0.25) is 9.59 Å². The smallest absolute Gasteiger partial charge is 0.267 e. The largest absolute Gasteiger partial charge is 0.292 e. The lowest BCUT2D eigenvalue weighted by atomic mass is 10.1. The van der Waals surface area contributed by atoms with Crippen LogP contribution in [0.3, 0.4) is 0 Å². The van der Waals surface area contributed by atoms with Crippen LogP contribution in [0.5, 0.6) is 0 Å². The topological polar surface area (TPSA) is 94.2 Å². The van der Waals surface area contributed by atoms with Crippen LogP contribution in [0.1, 0.15) is 21.7 Å². The molecule has 0 spiro atoms. The molecule has 10 heteroatoms. The molecule has 0 radical (unpaired) electrons. The third-order valence-electron chi connectivity index (χ3n) is 4.65. The zero-order valence-electron chi connectivity index (χ0n) is 16.5. The van der Waals surface area contributed by atoms with Gasteiger partial charge in [-0.15, -0.1) is 0 Å². The highest BCUT2D eigenvalue weighted by atomic mass is 35.5. The number of carbonyl (C=O) groups is 1. The Balaban J connectivity index is 1.61. The van der Waals surface area contributed by atoms with Gasteiger partial charge in [-0.1, -0.05) is 29.8 Å². The molecule has 0 atom stereocenters. The Labute approximate surface area is 180 Å². The number of hydrogen-bond donors (Lipinski definition) is 1. The maximum Gasteiger partial charge on any atom is 0.292 e. The summed E-state index contributed by atoms with van der Waals surface area (Å²) >= 11 is 6.40. The predicted octanol–water partition coefficient (Wildman–Crippen LogP) is 2.98. The quantitative estimate of drug-likeness (QED) is 0.391. The standard InChI is InChI=1S/C21H16ClFN6O2/c1-12-17(19(22)29(26-12)14-9-7-13(23)8-10-14)11-24-25-20(30)18-15-5-3-4-6-16(15)21(31)28(2)27-18/h3-11H,1-2H3,(H,25,30)/b24-11+. The first-order valence-electron chi connectivity index (χ1n) is 9.17. The van der Waals surface area contributed by atoms with Gasteiger partial charge in [0.25, 0.3) is 11.5 Å². The number of fused-ring (bicyclic) bond motifs is 1. The average Bonchev–Trinajstić information content (AvgIpc) is 3.05. The lowest BCUT2D eigenvalue weighted by molar-refractivity contribution is 0.0950. The number of aryl methyl sites for hydroxylation is 2. The molecule has 0 saturated carbocycles. The Morgan fingerprint density at radius 3 is 2.52 bits per heavy atom. The second-order valence-electron chi connectivity index (χ2n) is 6.70. The Morgan fingerprint density at radius 2 is 1.81 bits per heavy atom. The van der Waals surface area contributed by atoms with Gasteiger partial charge in [-0.2, -0.15) is 15.3 Å². The lowest BCUT2D eigenvalue weighted by Crippen LogP contribution is -2.27. The first kappa shape index (κ1) is 20.4. The maximum absolute atomic E-state index is 13.2. The summed E-state index contributed by atoms with van der Waals surface area (Å²) in [7, 11) is 1.47. The molecule has 2 heterocycles. The van der Waals surface area contributed by atoms with Gasteiger partial charge >= 0.3 is 0 Å². The summed E-state index contributed by atoms with van der Waals surface area (Å²) in [6.45, 7) is 1.73. The summed E-state index contributed by atoms with van der Waals surface area (Å²) < 4.78 is 15.7. The lowest BCUT2D eigenvalue weighted by Gasteiger charge is -2.06. The van der Waals surface area contributed by atoms with Crippen LogP contribution in [0.4, 0.5) is 4.39 Å². The van der Waals surface area contributed by atoms with E-state index < -0.39 is 5.91 Å². The van der Waals surface area contributed by atoms with Gasteiger partial charge in [-0.05, 0) is 37.3 Å². The Kier molecular flexibility index (Phi) is 5.35. The van der Waals surface area contributed by atoms with E-state index >= 15 is 0 Å². The molecule has 0 aliphatic carbocycles. The van der Waals surface area contributed by atoms with Gasteiger partial charge in [0.15, 0.2) is 5.69 Å². The van der Waals surface area contributed by atoms with Crippen molar-refractivity contribution in [1.29, 1.82) is 0 Å². The van der Waals surface area contributed by atoms with Gasteiger partial charge in [0, 0.05) is 12.4 Å². The van der Waals surface area contributed by atoms with E-state index in [2.05, 4.69) is 20.7 Å².